The molecule has 0 spiro atoms. The Kier molecular flexibility index (Phi) is 0.875. The summed E-state index contributed by atoms with van der Waals surface area (Å²) in [4.78, 5) is 10.9. The van der Waals surface area contributed by atoms with Crippen LogP contribution in [0.5, 0.6) is 0 Å². The highest BCUT2D eigenvalue weighted by Gasteiger charge is 2.52. The first-order valence-electron chi connectivity index (χ1n) is 3.58. The summed E-state index contributed by atoms with van der Waals surface area (Å²) in [7, 11) is 0. The number of amides is 1. The Morgan fingerprint density at radius 3 is 3.00 bits per heavy atom. The Hall–Kier alpha value is -0.530. The topological polar surface area (TPSA) is 29.1 Å². The summed E-state index contributed by atoms with van der Waals surface area (Å²) in [6, 6.07) is 0. The van der Waals surface area contributed by atoms with Gasteiger partial charge in [0.2, 0.25) is 5.91 Å². The fourth-order valence-electron chi connectivity index (χ4n) is 1.90. The van der Waals surface area contributed by atoms with Crippen molar-refractivity contribution in [3.63, 3.8) is 0 Å². The second-order valence-electron chi connectivity index (χ2n) is 3.13. The number of piperidine rings is 1. The summed E-state index contributed by atoms with van der Waals surface area (Å²) in [5.41, 5.74) is 0. The summed E-state index contributed by atoms with van der Waals surface area (Å²) in [5, 5.41) is 2.86. The highest BCUT2D eigenvalue weighted by atomic mass is 16.2. The van der Waals surface area contributed by atoms with Crippen molar-refractivity contribution in [2.45, 2.75) is 13.3 Å². The van der Waals surface area contributed by atoms with Gasteiger partial charge in [0.25, 0.3) is 0 Å². The number of hydrogen-bond donors (Lipinski definition) is 1. The van der Waals surface area contributed by atoms with E-state index in [0.717, 1.165) is 12.5 Å². The zero-order valence-electron chi connectivity index (χ0n) is 5.55. The number of rotatable bonds is 0. The van der Waals surface area contributed by atoms with Gasteiger partial charge in [0.05, 0.1) is 0 Å². The van der Waals surface area contributed by atoms with Gasteiger partial charge in [0.1, 0.15) is 0 Å². The second kappa shape index (κ2) is 1.49. The fourth-order valence-corrected chi connectivity index (χ4v) is 1.90. The Morgan fingerprint density at radius 2 is 2.44 bits per heavy atom. The molecular weight excluding hydrogens is 114 g/mol. The zero-order valence-corrected chi connectivity index (χ0v) is 5.55. The number of carbonyl (C=O) groups excluding carboxylic acids is 1. The Morgan fingerprint density at radius 1 is 1.67 bits per heavy atom. The van der Waals surface area contributed by atoms with E-state index in [2.05, 4.69) is 12.2 Å². The van der Waals surface area contributed by atoms with E-state index in [-0.39, 0.29) is 0 Å². The molecule has 9 heavy (non-hydrogen) atoms. The van der Waals surface area contributed by atoms with Crippen molar-refractivity contribution >= 4 is 5.91 Å². The summed E-state index contributed by atoms with van der Waals surface area (Å²) in [6.45, 7) is 3.07. The van der Waals surface area contributed by atoms with Gasteiger partial charge >= 0.3 is 0 Å². The van der Waals surface area contributed by atoms with E-state index in [1.807, 2.05) is 0 Å². The van der Waals surface area contributed by atoms with E-state index in [1.54, 1.807) is 0 Å². The van der Waals surface area contributed by atoms with Gasteiger partial charge in [-0.25, -0.2) is 0 Å². The molecule has 50 valence electrons. The van der Waals surface area contributed by atoms with Gasteiger partial charge in [-0.2, -0.15) is 0 Å². The molecule has 2 fully saturated rings. The van der Waals surface area contributed by atoms with Crippen LogP contribution >= 0.6 is 0 Å². The van der Waals surface area contributed by atoms with Gasteiger partial charge in [0, 0.05) is 12.5 Å². The largest absolute Gasteiger partial charge is 0.356 e. The number of nitrogens with one attached hydrogen (secondary N) is 1. The molecular formula is C7H11NO. The quantitative estimate of drug-likeness (QED) is 0.498. The highest BCUT2D eigenvalue weighted by molar-refractivity contribution is 5.83. The molecule has 2 heteroatoms. The summed E-state index contributed by atoms with van der Waals surface area (Å²) in [6.07, 6.45) is 1.21. The van der Waals surface area contributed by atoms with Gasteiger partial charge in [-0.1, -0.05) is 6.92 Å². The van der Waals surface area contributed by atoms with Crippen LogP contribution in [0.25, 0.3) is 0 Å². The lowest BCUT2D eigenvalue weighted by atomic mass is 10.2. The van der Waals surface area contributed by atoms with Crippen molar-refractivity contribution in [3.8, 4) is 0 Å². The van der Waals surface area contributed by atoms with Gasteiger partial charge < -0.3 is 5.32 Å². The molecule has 3 unspecified atom stereocenters. The van der Waals surface area contributed by atoms with Gasteiger partial charge in [-0.3, -0.25) is 4.79 Å². The molecule has 1 amide bonds. The SMILES string of the molecule is CC1C2CCNC(=O)C12. The third-order valence-corrected chi connectivity index (χ3v) is 2.64. The van der Waals surface area contributed by atoms with Crippen LogP contribution in [-0.4, -0.2) is 12.5 Å². The summed E-state index contributed by atoms with van der Waals surface area (Å²) < 4.78 is 0. The van der Waals surface area contributed by atoms with Crippen molar-refractivity contribution in [2.24, 2.45) is 17.8 Å². The number of carbonyl (C=O) groups is 1. The van der Waals surface area contributed by atoms with Gasteiger partial charge in [-0.15, -0.1) is 0 Å². The molecule has 2 nitrogen and oxygen atoms in total. The van der Waals surface area contributed by atoms with Crippen molar-refractivity contribution in [3.05, 3.63) is 0 Å². The Bertz CT molecular complexity index is 155. The van der Waals surface area contributed by atoms with E-state index in [4.69, 9.17) is 0 Å². The minimum Gasteiger partial charge on any atom is -0.356 e. The Balaban J connectivity index is 2.10. The molecule has 0 bridgehead atoms. The van der Waals surface area contributed by atoms with Crippen LogP contribution in [0.2, 0.25) is 0 Å². The average molecular weight is 125 g/mol. The Labute approximate surface area is 54.6 Å². The maximum Gasteiger partial charge on any atom is 0.223 e. The van der Waals surface area contributed by atoms with E-state index in [9.17, 15) is 4.79 Å². The number of hydrogen-bond acceptors (Lipinski definition) is 1. The minimum atomic E-state index is 0.291. The summed E-state index contributed by atoms with van der Waals surface area (Å²) in [5.74, 6) is 2.09. The molecule has 1 aliphatic heterocycles. The van der Waals surface area contributed by atoms with Crippen molar-refractivity contribution in [1.82, 2.24) is 5.32 Å². The van der Waals surface area contributed by atoms with Crippen LogP contribution in [-0.2, 0) is 4.79 Å². The molecule has 1 aliphatic carbocycles. The van der Waals surface area contributed by atoms with E-state index in [1.165, 1.54) is 6.42 Å². The van der Waals surface area contributed by atoms with Crippen molar-refractivity contribution < 1.29 is 4.79 Å². The fraction of sp³-hybridized carbons (Fsp3) is 0.857. The van der Waals surface area contributed by atoms with E-state index >= 15 is 0 Å². The van der Waals surface area contributed by atoms with Crippen LogP contribution in [0.1, 0.15) is 13.3 Å². The van der Waals surface area contributed by atoms with Crippen molar-refractivity contribution in [2.75, 3.05) is 6.54 Å². The molecule has 1 heterocycles. The molecule has 0 aromatic rings. The van der Waals surface area contributed by atoms with Gasteiger partial charge in [0.15, 0.2) is 0 Å². The molecule has 0 aromatic heterocycles. The first-order valence-corrected chi connectivity index (χ1v) is 3.58. The maximum absolute atomic E-state index is 10.9. The van der Waals surface area contributed by atoms with E-state index < -0.39 is 0 Å². The molecule has 1 N–H and O–H groups in total. The van der Waals surface area contributed by atoms with Crippen LogP contribution in [0.3, 0.4) is 0 Å². The zero-order chi connectivity index (χ0) is 6.43. The monoisotopic (exact) mass is 125 g/mol. The van der Waals surface area contributed by atoms with Crippen LogP contribution < -0.4 is 5.32 Å². The standard InChI is InChI=1S/C7H11NO/c1-4-5-2-3-8-7(9)6(4)5/h4-6H,2-3H2,1H3,(H,8,9). The molecule has 1 saturated heterocycles. The maximum atomic E-state index is 10.9. The lowest BCUT2D eigenvalue weighted by Gasteiger charge is -2.08. The molecule has 2 rings (SSSR count). The second-order valence-corrected chi connectivity index (χ2v) is 3.13. The van der Waals surface area contributed by atoms with Gasteiger partial charge in [-0.05, 0) is 18.3 Å². The van der Waals surface area contributed by atoms with E-state index in [0.29, 0.717) is 17.7 Å². The first-order chi connectivity index (χ1) is 4.30. The first kappa shape index (κ1) is 5.27. The number of fused-ring (bicyclic) bond motifs is 1. The molecule has 1 saturated carbocycles. The third-order valence-electron chi connectivity index (χ3n) is 2.64. The predicted molar refractivity (Wildman–Crippen MR) is 33.8 cm³/mol. The molecule has 2 aliphatic rings. The lowest BCUT2D eigenvalue weighted by Crippen LogP contribution is -2.30. The molecule has 0 radical (unpaired) electrons. The van der Waals surface area contributed by atoms with Crippen molar-refractivity contribution in [1.29, 1.82) is 0 Å². The smallest absolute Gasteiger partial charge is 0.223 e. The normalized spacial score (nSPS) is 47.7. The molecule has 3 atom stereocenters. The summed E-state index contributed by atoms with van der Waals surface area (Å²) >= 11 is 0. The lowest BCUT2D eigenvalue weighted by molar-refractivity contribution is -0.123. The van der Waals surface area contributed by atoms with Crippen LogP contribution in [0, 0.1) is 17.8 Å². The van der Waals surface area contributed by atoms with Crippen LogP contribution in [0.4, 0.5) is 0 Å². The predicted octanol–water partition coefficient (Wildman–Crippen LogP) is 0.388. The molecule has 0 aromatic carbocycles. The average Bonchev–Trinajstić information content (AvgIpc) is 2.45. The third kappa shape index (κ3) is 0.590. The minimum absolute atomic E-state index is 0.291. The van der Waals surface area contributed by atoms with Crippen LogP contribution in [0.15, 0.2) is 0 Å². The highest BCUT2D eigenvalue weighted by Crippen LogP contribution is 2.49.